The number of unbranched alkanes of at least 4 members (excludes halogenated alkanes) is 14. The molecule has 2 atom stereocenters. The van der Waals surface area contributed by atoms with Gasteiger partial charge >= 0.3 is 13.8 Å². The second kappa shape index (κ2) is 39.2. The molecule has 0 aromatic rings. The second-order valence-electron chi connectivity index (χ2n) is 13.2. The lowest BCUT2D eigenvalue weighted by atomic mass is 10.1. The number of ketones is 1. The number of hydrogen-bond donors (Lipinski definition) is 2. The lowest BCUT2D eigenvalue weighted by Gasteiger charge is -2.19. The van der Waals surface area contributed by atoms with Crippen molar-refractivity contribution in [2.24, 2.45) is 5.73 Å². The largest absolute Gasteiger partial charge is 0.492 e. The fourth-order valence-corrected chi connectivity index (χ4v) is 5.80. The Kier molecular flexibility index (Phi) is 37.3. The number of allylic oxidation sites excluding steroid dienone is 11. The first-order valence-corrected chi connectivity index (χ1v) is 21.9. The van der Waals surface area contributed by atoms with Gasteiger partial charge in [0.05, 0.1) is 19.5 Å². The lowest BCUT2D eigenvalue weighted by molar-refractivity contribution is -0.147. The van der Waals surface area contributed by atoms with E-state index < -0.39 is 13.9 Å². The van der Waals surface area contributed by atoms with Crippen LogP contribution in [0.3, 0.4) is 0 Å². The molecule has 0 heterocycles. The van der Waals surface area contributed by atoms with Gasteiger partial charge in [0.2, 0.25) is 0 Å². The number of carbonyl (C=O) groups excluding carboxylic acids is 2. The van der Waals surface area contributed by atoms with E-state index in [1.165, 1.54) is 64.2 Å². The van der Waals surface area contributed by atoms with E-state index in [0.29, 0.717) is 12.8 Å². The summed E-state index contributed by atoms with van der Waals surface area (Å²) < 4.78 is 33.0. The van der Waals surface area contributed by atoms with Crippen molar-refractivity contribution in [3.63, 3.8) is 0 Å². The van der Waals surface area contributed by atoms with Crippen molar-refractivity contribution in [1.82, 2.24) is 0 Å². The molecule has 53 heavy (non-hydrogen) atoms. The lowest BCUT2D eigenvalue weighted by Crippen LogP contribution is -2.25. The third-order valence-electron chi connectivity index (χ3n) is 8.16. The van der Waals surface area contributed by atoms with E-state index in [1.807, 2.05) is 24.3 Å². The van der Waals surface area contributed by atoms with E-state index in [1.54, 1.807) is 18.4 Å². The average molecular weight is 764 g/mol. The number of phosphoric acid groups is 1. The molecule has 0 rings (SSSR count). The van der Waals surface area contributed by atoms with Crippen molar-refractivity contribution >= 4 is 19.6 Å². The summed E-state index contributed by atoms with van der Waals surface area (Å²) in [5, 5.41) is 0. The standard InChI is InChI=1S/C43H74NO8P/c1-3-5-7-8-9-10-11-12-13-14-15-19-22-25-28-32-37-49-42(40-52-53(47,48)51-38-36-44)39-50-43(46)35-31-27-24-21-18-16-17-20-23-26-30-34-41(45)33-29-6-4-2/h10-11,16-17,21,23-24,26,30,32,34,37,42H,3-9,12-15,18-20,22,25,27-29,31,33,35-36,38-40,44H2,1-2H3,(H,47,48)/b11-10-,17-16-,24-21-,26-23-,34-30+,37-32+/t42-/m1/s1. The van der Waals surface area contributed by atoms with Gasteiger partial charge in [-0.25, -0.2) is 4.57 Å². The first kappa shape index (κ1) is 50.5. The molecule has 0 amide bonds. The fourth-order valence-electron chi connectivity index (χ4n) is 5.04. The van der Waals surface area contributed by atoms with Gasteiger partial charge < -0.3 is 20.1 Å². The van der Waals surface area contributed by atoms with E-state index in [-0.39, 0.29) is 44.5 Å². The van der Waals surface area contributed by atoms with Gasteiger partial charge in [-0.3, -0.25) is 18.6 Å². The molecule has 9 nitrogen and oxygen atoms in total. The van der Waals surface area contributed by atoms with Gasteiger partial charge in [-0.15, -0.1) is 0 Å². The highest BCUT2D eigenvalue weighted by Gasteiger charge is 2.24. The zero-order chi connectivity index (χ0) is 38.9. The molecule has 0 aromatic carbocycles. The minimum atomic E-state index is -4.30. The van der Waals surface area contributed by atoms with Crippen LogP contribution in [0.4, 0.5) is 0 Å². The molecule has 0 fully saturated rings. The van der Waals surface area contributed by atoms with Gasteiger partial charge in [0.15, 0.2) is 11.9 Å². The SMILES string of the molecule is CCCCCC/C=C\CCCCCCCC/C=C/O[C@H](COC(=O)CCC/C=C\C/C=C\C/C=C\C=C\C(=O)CCCCC)COP(=O)(O)OCCN. The molecule has 0 bridgehead atoms. The van der Waals surface area contributed by atoms with Crippen LogP contribution in [0.25, 0.3) is 0 Å². The van der Waals surface area contributed by atoms with Crippen LogP contribution in [0.2, 0.25) is 0 Å². The van der Waals surface area contributed by atoms with Crippen LogP contribution in [0.5, 0.6) is 0 Å². The van der Waals surface area contributed by atoms with E-state index in [0.717, 1.165) is 57.8 Å². The summed E-state index contributed by atoms with van der Waals surface area (Å²) in [5.41, 5.74) is 5.35. The van der Waals surface area contributed by atoms with Gasteiger partial charge in [-0.05, 0) is 82.8 Å². The Morgan fingerprint density at radius 1 is 0.642 bits per heavy atom. The van der Waals surface area contributed by atoms with Crippen molar-refractivity contribution in [3.05, 3.63) is 73.1 Å². The van der Waals surface area contributed by atoms with Gasteiger partial charge in [0.25, 0.3) is 0 Å². The summed E-state index contributed by atoms with van der Waals surface area (Å²) in [7, 11) is -4.30. The molecule has 0 saturated heterocycles. The first-order chi connectivity index (χ1) is 25.8. The van der Waals surface area contributed by atoms with Crippen LogP contribution in [0.15, 0.2) is 73.1 Å². The van der Waals surface area contributed by atoms with Gasteiger partial charge in [0, 0.05) is 19.4 Å². The summed E-state index contributed by atoms with van der Waals surface area (Å²) in [4.78, 5) is 33.9. The third-order valence-corrected chi connectivity index (χ3v) is 9.15. The van der Waals surface area contributed by atoms with Gasteiger partial charge in [-0.2, -0.15) is 0 Å². The minimum Gasteiger partial charge on any atom is -0.492 e. The Bertz CT molecular complexity index is 1100. The van der Waals surface area contributed by atoms with Crippen molar-refractivity contribution in [1.29, 1.82) is 0 Å². The summed E-state index contributed by atoms with van der Waals surface area (Å²) in [6.07, 6.45) is 45.7. The van der Waals surface area contributed by atoms with E-state index in [2.05, 4.69) is 44.2 Å². The molecule has 0 spiro atoms. The minimum absolute atomic E-state index is 0.0799. The van der Waals surface area contributed by atoms with Crippen molar-refractivity contribution in [2.45, 2.75) is 161 Å². The number of nitrogens with two attached hydrogens (primary N) is 1. The molecule has 10 heteroatoms. The second-order valence-corrected chi connectivity index (χ2v) is 14.7. The van der Waals surface area contributed by atoms with Gasteiger partial charge in [-0.1, -0.05) is 126 Å². The monoisotopic (exact) mass is 764 g/mol. The molecule has 0 saturated carbocycles. The summed E-state index contributed by atoms with van der Waals surface area (Å²) >= 11 is 0. The molecular formula is C43H74NO8P. The van der Waals surface area contributed by atoms with Gasteiger partial charge in [0.1, 0.15) is 6.61 Å². The van der Waals surface area contributed by atoms with Crippen molar-refractivity contribution in [2.75, 3.05) is 26.4 Å². The summed E-state index contributed by atoms with van der Waals surface area (Å²) in [6, 6.07) is 0. The fraction of sp³-hybridized carbons (Fsp3) is 0.674. The molecule has 1 unspecified atom stereocenters. The van der Waals surface area contributed by atoms with Crippen LogP contribution in [-0.2, 0) is 32.7 Å². The zero-order valence-electron chi connectivity index (χ0n) is 33.2. The molecule has 0 aromatic heterocycles. The maximum absolute atomic E-state index is 12.4. The Hall–Kier alpha value is -2.55. The van der Waals surface area contributed by atoms with E-state index in [4.69, 9.17) is 24.3 Å². The van der Waals surface area contributed by atoms with Crippen molar-refractivity contribution < 1.29 is 37.6 Å². The highest BCUT2D eigenvalue weighted by atomic mass is 31.2. The Morgan fingerprint density at radius 2 is 1.21 bits per heavy atom. The Balaban J connectivity index is 4.28. The maximum atomic E-state index is 12.4. The number of rotatable bonds is 38. The smallest absolute Gasteiger partial charge is 0.472 e. The summed E-state index contributed by atoms with van der Waals surface area (Å²) in [5.74, 6) is -0.193. The molecule has 0 radical (unpaired) electrons. The first-order valence-electron chi connectivity index (χ1n) is 20.4. The van der Waals surface area contributed by atoms with E-state index in [9.17, 15) is 19.0 Å². The van der Waals surface area contributed by atoms with E-state index >= 15 is 0 Å². The molecule has 0 aliphatic carbocycles. The molecule has 304 valence electrons. The topological polar surface area (TPSA) is 134 Å². The molecule has 0 aliphatic rings. The Labute approximate surface area is 322 Å². The van der Waals surface area contributed by atoms with Crippen LogP contribution < -0.4 is 5.73 Å². The molecular weight excluding hydrogens is 689 g/mol. The molecule has 3 N–H and O–H groups in total. The third kappa shape index (κ3) is 39.0. The normalized spacial score (nSPS) is 14.1. The van der Waals surface area contributed by atoms with Crippen molar-refractivity contribution in [3.8, 4) is 0 Å². The number of esters is 1. The number of phosphoric ester groups is 1. The Morgan fingerprint density at radius 3 is 1.89 bits per heavy atom. The predicted molar refractivity (Wildman–Crippen MR) is 219 cm³/mol. The molecule has 0 aliphatic heterocycles. The maximum Gasteiger partial charge on any atom is 0.472 e. The summed E-state index contributed by atoms with van der Waals surface area (Å²) in [6.45, 7) is 3.93. The number of ether oxygens (including phenoxy) is 2. The van der Waals surface area contributed by atoms with Crippen LogP contribution in [-0.4, -0.2) is 49.1 Å². The average Bonchev–Trinajstić information content (AvgIpc) is 3.14. The number of carbonyl (C=O) groups is 2. The quantitative estimate of drug-likeness (QED) is 0.0120. The van der Waals surface area contributed by atoms with Crippen LogP contribution in [0, 0.1) is 0 Å². The zero-order valence-corrected chi connectivity index (χ0v) is 34.1. The predicted octanol–water partition coefficient (Wildman–Crippen LogP) is 11.5. The number of hydrogen-bond acceptors (Lipinski definition) is 8. The van der Waals surface area contributed by atoms with Crippen LogP contribution in [0.1, 0.15) is 155 Å². The highest BCUT2D eigenvalue weighted by Crippen LogP contribution is 2.43. The van der Waals surface area contributed by atoms with Crippen LogP contribution >= 0.6 is 7.82 Å². The highest BCUT2D eigenvalue weighted by molar-refractivity contribution is 7.47.